The third kappa shape index (κ3) is 4.33. The van der Waals surface area contributed by atoms with Gasteiger partial charge in [0.15, 0.2) is 0 Å². The quantitative estimate of drug-likeness (QED) is 0.172. The maximum absolute atomic E-state index is 13.0. The Hall–Kier alpha value is -1.25. The van der Waals surface area contributed by atoms with Crippen LogP contribution in [0.2, 0.25) is 0 Å². The van der Waals surface area contributed by atoms with Gasteiger partial charge in [0.1, 0.15) is 28.8 Å². The molecule has 0 N–H and O–H groups in total. The number of fused-ring (bicyclic) bond motifs is 2. The molecular weight excluding hydrogens is 521 g/mol. The van der Waals surface area contributed by atoms with Crippen LogP contribution in [0, 0.1) is 16.0 Å². The Morgan fingerprint density at radius 3 is 2.86 bits per heavy atom. The molecule has 0 radical (unpaired) electrons. The van der Waals surface area contributed by atoms with Gasteiger partial charge in [0.25, 0.3) is 5.69 Å². The van der Waals surface area contributed by atoms with Crippen molar-refractivity contribution in [3.05, 3.63) is 34.4 Å². The lowest BCUT2D eigenvalue weighted by Gasteiger charge is -2.31. The van der Waals surface area contributed by atoms with Crippen LogP contribution in [-0.4, -0.2) is 68.2 Å². The van der Waals surface area contributed by atoms with E-state index in [0.29, 0.717) is 18.7 Å². The number of benzene rings is 1. The van der Waals surface area contributed by atoms with Crippen LogP contribution in [0.25, 0.3) is 0 Å². The number of para-hydroxylation sites is 1. The molecule has 152 valence electrons. The van der Waals surface area contributed by atoms with Crippen LogP contribution in [0.1, 0.15) is 6.42 Å². The predicted octanol–water partition coefficient (Wildman–Crippen LogP) is 2.41. The first-order valence-electron chi connectivity index (χ1n) is 8.52. The van der Waals surface area contributed by atoms with Crippen molar-refractivity contribution in [3.63, 3.8) is 0 Å². The second-order valence-corrected chi connectivity index (χ2v) is 10.4. The summed E-state index contributed by atoms with van der Waals surface area (Å²) in [6.45, 7) is 0.819. The topological polar surface area (TPSA) is 110 Å². The number of likely N-dealkylation sites (tertiary alicyclic amines) is 1. The second-order valence-electron chi connectivity index (χ2n) is 6.43. The van der Waals surface area contributed by atoms with Gasteiger partial charge in [-0.05, 0) is 33.7 Å². The summed E-state index contributed by atoms with van der Waals surface area (Å²) in [6, 6.07) is 4.94. The van der Waals surface area contributed by atoms with Crippen molar-refractivity contribution < 1.29 is 23.5 Å². The maximum atomic E-state index is 13.0. The number of aldehydes is 1. The molecule has 1 aromatic rings. The second kappa shape index (κ2) is 9.50. The highest BCUT2D eigenvalue weighted by atomic mass is 127. The lowest BCUT2D eigenvalue weighted by atomic mass is 9.97. The van der Waals surface area contributed by atoms with Crippen molar-refractivity contribution in [1.82, 2.24) is 9.21 Å². The standard InChI is InChI=1S/C16H18IN3O6S2/c17-27-6-5-26-16(22)19-12-7-11(14(19)10-21)8-18(9-12)28(25)15-4-2-1-3-13(15)20(23)24/h1-4,10-12,14H,5-9H2. The van der Waals surface area contributed by atoms with E-state index in [0.717, 1.165) is 6.29 Å². The Bertz CT molecular complexity index is 797. The Balaban J connectivity index is 1.78. The minimum absolute atomic E-state index is 0.115. The summed E-state index contributed by atoms with van der Waals surface area (Å²) in [5.41, 5.74) is -0.210. The van der Waals surface area contributed by atoms with E-state index in [2.05, 4.69) is 21.2 Å². The summed E-state index contributed by atoms with van der Waals surface area (Å²) in [5.74, 6) is 0.461. The Labute approximate surface area is 180 Å². The van der Waals surface area contributed by atoms with Crippen LogP contribution >= 0.6 is 30.1 Å². The number of hydrogen-bond acceptors (Lipinski definition) is 7. The van der Waals surface area contributed by atoms with Gasteiger partial charge in [-0.3, -0.25) is 15.0 Å². The molecule has 2 fully saturated rings. The number of amides is 1. The van der Waals surface area contributed by atoms with Crippen LogP contribution < -0.4 is 0 Å². The zero-order valence-electron chi connectivity index (χ0n) is 14.6. The first-order valence-corrected chi connectivity index (χ1v) is 13.2. The highest BCUT2D eigenvalue weighted by Gasteiger charge is 2.50. The Kier molecular flexibility index (Phi) is 7.28. The van der Waals surface area contributed by atoms with Crippen molar-refractivity contribution in [3.8, 4) is 0 Å². The van der Waals surface area contributed by atoms with Crippen molar-refractivity contribution in [2.24, 2.45) is 5.92 Å². The van der Waals surface area contributed by atoms with E-state index < -0.39 is 28.0 Å². The van der Waals surface area contributed by atoms with Crippen molar-refractivity contribution in [2.75, 3.05) is 25.4 Å². The molecular formula is C16H18IN3O6S2. The fourth-order valence-electron chi connectivity index (χ4n) is 3.70. The number of carbonyl (C=O) groups is 2. The molecule has 2 heterocycles. The molecule has 0 saturated carbocycles. The number of nitro benzene ring substituents is 1. The number of rotatable bonds is 7. The van der Waals surface area contributed by atoms with Gasteiger partial charge in [0.2, 0.25) is 0 Å². The highest BCUT2D eigenvalue weighted by molar-refractivity contribution is 14.2. The van der Waals surface area contributed by atoms with E-state index in [4.69, 9.17) is 4.74 Å². The molecule has 2 saturated heterocycles. The van der Waals surface area contributed by atoms with Crippen molar-refractivity contribution in [1.29, 1.82) is 0 Å². The van der Waals surface area contributed by atoms with Crippen molar-refractivity contribution in [2.45, 2.75) is 23.4 Å². The van der Waals surface area contributed by atoms with Gasteiger partial charge in [-0.25, -0.2) is 13.3 Å². The molecule has 12 heteroatoms. The predicted molar refractivity (Wildman–Crippen MR) is 112 cm³/mol. The molecule has 0 aromatic heterocycles. The highest BCUT2D eigenvalue weighted by Crippen LogP contribution is 2.37. The van der Waals surface area contributed by atoms with Crippen LogP contribution in [0.4, 0.5) is 10.5 Å². The molecule has 2 aliphatic heterocycles. The SMILES string of the molecule is O=CC1C2CC(CN(S(=O)c3ccccc3[N+](=O)[O-])C2)N1C(=O)OCCSI. The van der Waals surface area contributed by atoms with E-state index in [9.17, 15) is 23.9 Å². The number of ether oxygens (including phenoxy) is 1. The molecule has 0 aliphatic carbocycles. The molecule has 28 heavy (non-hydrogen) atoms. The van der Waals surface area contributed by atoms with Gasteiger partial charge in [0.05, 0.1) is 11.0 Å². The number of hydrogen-bond donors (Lipinski definition) is 0. The largest absolute Gasteiger partial charge is 0.448 e. The normalized spacial score (nSPS) is 25.3. The van der Waals surface area contributed by atoms with Gasteiger partial charge in [-0.1, -0.05) is 21.1 Å². The van der Waals surface area contributed by atoms with E-state index >= 15 is 0 Å². The number of piperidine rings is 1. The van der Waals surface area contributed by atoms with E-state index in [1.165, 1.54) is 32.0 Å². The fourth-order valence-corrected chi connectivity index (χ4v) is 5.82. The fraction of sp³-hybridized carbons (Fsp3) is 0.500. The van der Waals surface area contributed by atoms with Crippen molar-refractivity contribution >= 4 is 59.2 Å². The molecule has 1 aromatic carbocycles. The zero-order valence-corrected chi connectivity index (χ0v) is 18.4. The van der Waals surface area contributed by atoms with Crippen LogP contribution in [0.3, 0.4) is 0 Å². The summed E-state index contributed by atoms with van der Waals surface area (Å²) in [5, 5.41) is 11.2. The lowest BCUT2D eigenvalue weighted by Crippen LogP contribution is -2.46. The average Bonchev–Trinajstić information content (AvgIpc) is 2.96. The number of nitrogens with zero attached hydrogens (tertiary/aromatic N) is 3. The summed E-state index contributed by atoms with van der Waals surface area (Å²) in [7, 11) is -0.244. The zero-order chi connectivity index (χ0) is 20.3. The molecule has 2 aliphatic rings. The summed E-state index contributed by atoms with van der Waals surface area (Å²) >= 11 is 2.11. The van der Waals surface area contributed by atoms with Gasteiger partial charge >= 0.3 is 6.09 Å². The Morgan fingerprint density at radius 2 is 2.18 bits per heavy atom. The van der Waals surface area contributed by atoms with Crippen LogP contribution in [-0.2, 0) is 20.5 Å². The maximum Gasteiger partial charge on any atom is 0.410 e. The minimum Gasteiger partial charge on any atom is -0.448 e. The molecule has 2 bridgehead atoms. The smallest absolute Gasteiger partial charge is 0.410 e. The molecule has 3 rings (SSSR count). The van der Waals surface area contributed by atoms with Crippen LogP contribution in [0.5, 0.6) is 0 Å². The third-order valence-electron chi connectivity index (χ3n) is 4.85. The van der Waals surface area contributed by atoms with Crippen LogP contribution in [0.15, 0.2) is 29.2 Å². The summed E-state index contributed by atoms with van der Waals surface area (Å²) in [6.07, 6.45) is 0.800. The molecule has 1 amide bonds. The molecule has 9 nitrogen and oxygen atoms in total. The number of nitro groups is 1. The summed E-state index contributed by atoms with van der Waals surface area (Å²) in [4.78, 5) is 36.4. The van der Waals surface area contributed by atoms with E-state index in [-0.39, 0.29) is 35.7 Å². The third-order valence-corrected chi connectivity index (χ3v) is 7.98. The van der Waals surface area contributed by atoms with Gasteiger partial charge in [0, 0.05) is 36.9 Å². The average molecular weight is 539 g/mol. The van der Waals surface area contributed by atoms with Gasteiger partial charge in [-0.15, -0.1) is 0 Å². The summed E-state index contributed by atoms with van der Waals surface area (Å²) < 4.78 is 19.9. The monoisotopic (exact) mass is 539 g/mol. The molecule has 0 spiro atoms. The van der Waals surface area contributed by atoms with E-state index in [1.807, 2.05) is 0 Å². The Morgan fingerprint density at radius 1 is 1.43 bits per heavy atom. The van der Waals surface area contributed by atoms with E-state index in [1.54, 1.807) is 10.4 Å². The first-order chi connectivity index (χ1) is 13.5. The first kappa shape index (κ1) is 21.5. The minimum atomic E-state index is -1.76. The molecule has 4 unspecified atom stereocenters. The van der Waals surface area contributed by atoms with Gasteiger partial charge in [-0.2, -0.15) is 0 Å². The lowest BCUT2D eigenvalue weighted by molar-refractivity contribution is -0.387. The molecule has 4 atom stereocenters. The number of carbonyl (C=O) groups excluding carboxylic acids is 2. The van der Waals surface area contributed by atoms with Gasteiger partial charge < -0.3 is 9.53 Å². The number of halogens is 1.